The van der Waals surface area contributed by atoms with Gasteiger partial charge in [-0.3, -0.25) is 0 Å². The smallest absolute Gasteiger partial charge is 0.141 e. The Hall–Kier alpha value is -0.800. The monoisotopic (exact) mass is 257 g/mol. The van der Waals surface area contributed by atoms with Crippen molar-refractivity contribution in [2.45, 2.75) is 37.4 Å². The van der Waals surface area contributed by atoms with Crippen LogP contribution < -0.4 is 10.5 Å². The van der Waals surface area contributed by atoms with Crippen LogP contribution in [0.3, 0.4) is 0 Å². The normalized spacial score (nSPS) is 29.1. The Morgan fingerprint density at radius 1 is 1.53 bits per heavy atom. The minimum absolute atomic E-state index is 0.0857. The number of rotatable bonds is 2. The van der Waals surface area contributed by atoms with Crippen LogP contribution in [0.2, 0.25) is 5.02 Å². The number of alkyl halides is 1. The highest BCUT2D eigenvalue weighted by atomic mass is 35.5. The fraction of sp³-hybridized carbons (Fsp3) is 0.538. The van der Waals surface area contributed by atoms with Crippen molar-refractivity contribution >= 4 is 11.6 Å². The van der Waals surface area contributed by atoms with Gasteiger partial charge in [-0.15, -0.1) is 0 Å². The molecule has 0 bridgehead atoms. The molecule has 0 aliphatic heterocycles. The van der Waals surface area contributed by atoms with E-state index in [4.69, 9.17) is 22.1 Å². The number of ether oxygens (including phenoxy) is 1. The summed E-state index contributed by atoms with van der Waals surface area (Å²) in [6, 6.07) is 4.98. The van der Waals surface area contributed by atoms with Crippen LogP contribution in [0.1, 0.15) is 31.2 Å². The molecule has 2 nitrogen and oxygen atoms in total. The van der Waals surface area contributed by atoms with Crippen molar-refractivity contribution in [1.29, 1.82) is 0 Å². The second kappa shape index (κ2) is 4.83. The zero-order chi connectivity index (χ0) is 12.5. The van der Waals surface area contributed by atoms with E-state index in [2.05, 4.69) is 0 Å². The van der Waals surface area contributed by atoms with Crippen LogP contribution >= 0.6 is 11.6 Å². The van der Waals surface area contributed by atoms with E-state index in [1.807, 2.05) is 0 Å². The van der Waals surface area contributed by atoms with Crippen LogP contribution in [0.25, 0.3) is 0 Å². The first-order chi connectivity index (χ1) is 8.05. The van der Waals surface area contributed by atoms with Gasteiger partial charge in [-0.1, -0.05) is 11.6 Å². The molecule has 4 heteroatoms. The van der Waals surface area contributed by atoms with Gasteiger partial charge >= 0.3 is 0 Å². The molecule has 0 heterocycles. The molecular formula is C13H17ClFNO. The number of methoxy groups -OCH3 is 1. The molecule has 94 valence electrons. The Morgan fingerprint density at radius 2 is 2.29 bits per heavy atom. The van der Waals surface area contributed by atoms with E-state index in [9.17, 15) is 4.39 Å². The molecule has 17 heavy (non-hydrogen) atoms. The van der Waals surface area contributed by atoms with E-state index >= 15 is 0 Å². The first-order valence-corrected chi connectivity index (χ1v) is 6.21. The molecule has 2 atom stereocenters. The molecule has 2 unspecified atom stereocenters. The van der Waals surface area contributed by atoms with E-state index < -0.39 is 5.67 Å². The van der Waals surface area contributed by atoms with Crippen molar-refractivity contribution in [2.75, 3.05) is 7.11 Å². The van der Waals surface area contributed by atoms with Gasteiger partial charge in [-0.05, 0) is 37.5 Å². The Bertz CT molecular complexity index is 412. The SMILES string of the molecule is COc1ccc(Cl)cc1C1(F)CCCC(N)C1. The number of hydrogen-bond acceptors (Lipinski definition) is 2. The molecule has 2 N–H and O–H groups in total. The lowest BCUT2D eigenvalue weighted by molar-refractivity contribution is 0.0915. The molecule has 0 radical (unpaired) electrons. The van der Waals surface area contributed by atoms with E-state index in [0.29, 0.717) is 29.2 Å². The van der Waals surface area contributed by atoms with Crippen molar-refractivity contribution in [1.82, 2.24) is 0 Å². The fourth-order valence-corrected chi connectivity index (χ4v) is 2.71. The lowest BCUT2D eigenvalue weighted by Crippen LogP contribution is -2.36. The van der Waals surface area contributed by atoms with Crippen LogP contribution in [-0.2, 0) is 5.67 Å². The minimum Gasteiger partial charge on any atom is -0.496 e. The second-order valence-corrected chi connectivity index (χ2v) is 5.10. The summed E-state index contributed by atoms with van der Waals surface area (Å²) >= 11 is 5.94. The van der Waals surface area contributed by atoms with Crippen molar-refractivity contribution in [2.24, 2.45) is 5.73 Å². The van der Waals surface area contributed by atoms with Crippen molar-refractivity contribution in [3.63, 3.8) is 0 Å². The van der Waals surface area contributed by atoms with Gasteiger partial charge in [0.25, 0.3) is 0 Å². The number of hydrogen-bond donors (Lipinski definition) is 1. The quantitative estimate of drug-likeness (QED) is 0.881. The predicted octanol–water partition coefficient (Wildman–Crippen LogP) is 3.41. The second-order valence-electron chi connectivity index (χ2n) is 4.67. The Morgan fingerprint density at radius 3 is 2.94 bits per heavy atom. The molecule has 0 amide bonds. The summed E-state index contributed by atoms with van der Waals surface area (Å²) in [5.41, 5.74) is 4.98. The molecule has 1 aromatic rings. The summed E-state index contributed by atoms with van der Waals surface area (Å²) < 4.78 is 20.2. The summed E-state index contributed by atoms with van der Waals surface area (Å²) in [7, 11) is 1.54. The lowest BCUT2D eigenvalue weighted by atomic mass is 9.78. The highest BCUT2D eigenvalue weighted by molar-refractivity contribution is 6.30. The first-order valence-electron chi connectivity index (χ1n) is 5.84. The maximum atomic E-state index is 15.0. The van der Waals surface area contributed by atoms with Crippen molar-refractivity contribution in [3.8, 4) is 5.75 Å². The van der Waals surface area contributed by atoms with Gasteiger partial charge in [0, 0.05) is 23.0 Å². The Kier molecular flexibility index (Phi) is 3.59. The molecule has 1 aliphatic rings. The average Bonchev–Trinajstić information content (AvgIpc) is 2.28. The third kappa shape index (κ3) is 2.55. The van der Waals surface area contributed by atoms with Crippen LogP contribution in [0.4, 0.5) is 4.39 Å². The summed E-state index contributed by atoms with van der Waals surface area (Å²) in [5.74, 6) is 0.547. The van der Waals surface area contributed by atoms with Crippen molar-refractivity contribution < 1.29 is 9.13 Å². The van der Waals surface area contributed by atoms with Crippen LogP contribution in [0.5, 0.6) is 5.75 Å². The van der Waals surface area contributed by atoms with Crippen LogP contribution in [-0.4, -0.2) is 13.2 Å². The Balaban J connectivity index is 2.40. The third-order valence-electron chi connectivity index (χ3n) is 3.38. The van der Waals surface area contributed by atoms with Crippen LogP contribution in [0, 0.1) is 0 Å². The lowest BCUT2D eigenvalue weighted by Gasteiger charge is -2.34. The molecule has 0 spiro atoms. The molecule has 0 saturated heterocycles. The molecule has 1 saturated carbocycles. The van der Waals surface area contributed by atoms with Gasteiger partial charge in [-0.2, -0.15) is 0 Å². The average molecular weight is 258 g/mol. The number of halogens is 2. The highest BCUT2D eigenvalue weighted by Gasteiger charge is 2.39. The van der Waals surface area contributed by atoms with Gasteiger partial charge in [-0.25, -0.2) is 4.39 Å². The van der Waals surface area contributed by atoms with Gasteiger partial charge in [0.05, 0.1) is 7.11 Å². The highest BCUT2D eigenvalue weighted by Crippen LogP contribution is 2.44. The molecule has 2 rings (SSSR count). The predicted molar refractivity (Wildman–Crippen MR) is 67.2 cm³/mol. The molecular weight excluding hydrogens is 241 g/mol. The Labute approximate surface area is 106 Å². The summed E-state index contributed by atoms with van der Waals surface area (Å²) in [6.45, 7) is 0. The summed E-state index contributed by atoms with van der Waals surface area (Å²) in [6.07, 6.45) is 2.50. The molecule has 1 fully saturated rings. The van der Waals surface area contributed by atoms with Gasteiger partial charge in [0.2, 0.25) is 0 Å². The fourth-order valence-electron chi connectivity index (χ4n) is 2.54. The standard InChI is InChI=1S/C13H17ClFNO/c1-17-12-5-4-9(14)7-11(12)13(15)6-2-3-10(16)8-13/h4-5,7,10H,2-3,6,8,16H2,1H3. The minimum atomic E-state index is -1.41. The maximum Gasteiger partial charge on any atom is 0.141 e. The van der Waals surface area contributed by atoms with Gasteiger partial charge < -0.3 is 10.5 Å². The largest absolute Gasteiger partial charge is 0.496 e. The van der Waals surface area contributed by atoms with E-state index in [0.717, 1.165) is 12.8 Å². The maximum absolute atomic E-state index is 15.0. The summed E-state index contributed by atoms with van der Waals surface area (Å²) in [4.78, 5) is 0. The molecule has 1 aromatic carbocycles. The number of nitrogens with two attached hydrogens (primary N) is 1. The van der Waals surface area contributed by atoms with E-state index in [1.165, 1.54) is 0 Å². The molecule has 1 aliphatic carbocycles. The molecule has 0 aromatic heterocycles. The van der Waals surface area contributed by atoms with Crippen molar-refractivity contribution in [3.05, 3.63) is 28.8 Å². The number of benzene rings is 1. The van der Waals surface area contributed by atoms with Crippen LogP contribution in [0.15, 0.2) is 18.2 Å². The van der Waals surface area contributed by atoms with E-state index in [1.54, 1.807) is 25.3 Å². The zero-order valence-electron chi connectivity index (χ0n) is 9.88. The van der Waals surface area contributed by atoms with Gasteiger partial charge in [0.1, 0.15) is 11.4 Å². The zero-order valence-corrected chi connectivity index (χ0v) is 10.6. The third-order valence-corrected chi connectivity index (χ3v) is 3.61. The topological polar surface area (TPSA) is 35.2 Å². The van der Waals surface area contributed by atoms with Gasteiger partial charge in [0.15, 0.2) is 0 Å². The van der Waals surface area contributed by atoms with E-state index in [-0.39, 0.29) is 6.04 Å². The summed E-state index contributed by atoms with van der Waals surface area (Å²) in [5, 5.41) is 0.525. The first kappa shape index (κ1) is 12.7.